The summed E-state index contributed by atoms with van der Waals surface area (Å²) in [6.07, 6.45) is 3.53. The van der Waals surface area contributed by atoms with Crippen molar-refractivity contribution < 1.29 is 14.6 Å². The molecule has 0 aliphatic carbocycles. The lowest BCUT2D eigenvalue weighted by Gasteiger charge is -2.28. The molecule has 0 radical (unpaired) electrons. The van der Waals surface area contributed by atoms with Crippen molar-refractivity contribution in [3.8, 4) is 5.69 Å². The second-order valence-corrected chi connectivity index (χ2v) is 7.11. The van der Waals surface area contributed by atoms with E-state index in [1.54, 1.807) is 21.8 Å². The number of likely N-dealkylation sites (N-methyl/N-ethyl adjacent to an activating group) is 1. The Morgan fingerprint density at radius 3 is 2.81 bits per heavy atom. The molecule has 1 saturated heterocycles. The minimum absolute atomic E-state index is 0.0187. The molecule has 0 spiro atoms. The number of aliphatic hydroxyl groups excluding tert-OH is 1. The van der Waals surface area contributed by atoms with Crippen LogP contribution in [-0.4, -0.2) is 77.3 Å². The topological polar surface area (TPSA) is 109 Å². The number of morpholine rings is 1. The summed E-state index contributed by atoms with van der Waals surface area (Å²) in [4.78, 5) is 25.9. The largest absolute Gasteiger partial charge is 0.395 e. The molecule has 2 aromatic heterocycles. The average molecular weight is 423 g/mol. The van der Waals surface area contributed by atoms with Crippen LogP contribution in [0.25, 0.3) is 5.69 Å². The van der Waals surface area contributed by atoms with E-state index in [-0.39, 0.29) is 18.2 Å². The fourth-order valence-electron chi connectivity index (χ4n) is 3.25. The number of carbonyl (C=O) groups is 1. The monoisotopic (exact) mass is 423 g/mol. The van der Waals surface area contributed by atoms with E-state index in [4.69, 9.17) is 4.74 Å². The van der Waals surface area contributed by atoms with Gasteiger partial charge in [0.1, 0.15) is 11.5 Å². The molecule has 1 fully saturated rings. The Morgan fingerprint density at radius 2 is 2.06 bits per heavy atom. The SMILES string of the molecule is CN(CCO)c1cc(C(=O)Nc2cccc(-n3cccn3)c2)nc(N2CCOCC2)n1. The highest BCUT2D eigenvalue weighted by atomic mass is 16.5. The van der Waals surface area contributed by atoms with Crippen molar-refractivity contribution in [2.45, 2.75) is 0 Å². The number of anilines is 3. The summed E-state index contributed by atoms with van der Waals surface area (Å²) in [5.74, 6) is 0.704. The molecule has 10 heteroatoms. The number of aromatic nitrogens is 4. The van der Waals surface area contributed by atoms with Crippen LogP contribution in [0.1, 0.15) is 10.5 Å². The zero-order chi connectivity index (χ0) is 21.6. The molecule has 0 saturated carbocycles. The van der Waals surface area contributed by atoms with Crippen molar-refractivity contribution in [2.75, 3.05) is 61.6 Å². The van der Waals surface area contributed by atoms with Gasteiger partial charge in [0.15, 0.2) is 0 Å². The van der Waals surface area contributed by atoms with Crippen LogP contribution in [0.4, 0.5) is 17.5 Å². The highest BCUT2D eigenvalue weighted by Crippen LogP contribution is 2.20. The Bertz CT molecular complexity index is 1020. The molecule has 10 nitrogen and oxygen atoms in total. The van der Waals surface area contributed by atoms with Gasteiger partial charge in [-0.25, -0.2) is 9.67 Å². The number of nitrogens with zero attached hydrogens (tertiary/aromatic N) is 6. The lowest BCUT2D eigenvalue weighted by Crippen LogP contribution is -2.38. The lowest BCUT2D eigenvalue weighted by molar-refractivity contribution is 0.102. The maximum atomic E-state index is 13.0. The molecule has 31 heavy (non-hydrogen) atoms. The van der Waals surface area contributed by atoms with Gasteiger partial charge in [-0.2, -0.15) is 10.1 Å². The van der Waals surface area contributed by atoms with Gasteiger partial charge in [-0.3, -0.25) is 4.79 Å². The van der Waals surface area contributed by atoms with E-state index < -0.39 is 0 Å². The smallest absolute Gasteiger partial charge is 0.274 e. The maximum Gasteiger partial charge on any atom is 0.274 e. The highest BCUT2D eigenvalue weighted by molar-refractivity contribution is 6.03. The second kappa shape index (κ2) is 9.54. The summed E-state index contributed by atoms with van der Waals surface area (Å²) in [6, 6.07) is 10.9. The van der Waals surface area contributed by atoms with Gasteiger partial charge >= 0.3 is 0 Å². The zero-order valence-electron chi connectivity index (χ0n) is 17.3. The Balaban J connectivity index is 1.60. The Morgan fingerprint density at radius 1 is 1.23 bits per heavy atom. The molecule has 2 N–H and O–H groups in total. The predicted octanol–water partition coefficient (Wildman–Crippen LogP) is 1.18. The number of rotatable bonds is 7. The highest BCUT2D eigenvalue weighted by Gasteiger charge is 2.20. The minimum Gasteiger partial charge on any atom is -0.395 e. The summed E-state index contributed by atoms with van der Waals surface area (Å²) in [7, 11) is 1.82. The molecule has 3 aromatic rings. The van der Waals surface area contributed by atoms with Crippen LogP contribution in [0.2, 0.25) is 0 Å². The van der Waals surface area contributed by atoms with E-state index in [0.717, 1.165) is 5.69 Å². The molecule has 3 heterocycles. The number of nitrogens with one attached hydrogen (secondary N) is 1. The van der Waals surface area contributed by atoms with Crippen LogP contribution in [0.15, 0.2) is 48.8 Å². The van der Waals surface area contributed by atoms with Gasteiger partial charge in [-0.05, 0) is 24.3 Å². The van der Waals surface area contributed by atoms with Gasteiger partial charge in [-0.1, -0.05) is 6.07 Å². The number of benzene rings is 1. The van der Waals surface area contributed by atoms with Crippen LogP contribution in [0, 0.1) is 0 Å². The fourth-order valence-corrected chi connectivity index (χ4v) is 3.25. The molecule has 0 atom stereocenters. The van der Waals surface area contributed by atoms with Crippen molar-refractivity contribution in [1.29, 1.82) is 0 Å². The van der Waals surface area contributed by atoms with E-state index in [9.17, 15) is 9.90 Å². The predicted molar refractivity (Wildman–Crippen MR) is 117 cm³/mol. The van der Waals surface area contributed by atoms with Crippen LogP contribution >= 0.6 is 0 Å². The molecular weight excluding hydrogens is 398 g/mol. The third kappa shape index (κ3) is 4.98. The third-order valence-electron chi connectivity index (χ3n) is 4.93. The van der Waals surface area contributed by atoms with Crippen molar-refractivity contribution in [3.63, 3.8) is 0 Å². The van der Waals surface area contributed by atoms with Crippen LogP contribution in [-0.2, 0) is 4.74 Å². The van der Waals surface area contributed by atoms with Gasteiger partial charge < -0.3 is 25.0 Å². The summed E-state index contributed by atoms with van der Waals surface area (Å²) in [5, 5.41) is 16.4. The quantitative estimate of drug-likeness (QED) is 0.583. The maximum absolute atomic E-state index is 13.0. The van der Waals surface area contributed by atoms with Gasteiger partial charge in [0.2, 0.25) is 5.95 Å². The lowest BCUT2D eigenvalue weighted by atomic mass is 10.2. The molecule has 1 aromatic carbocycles. The first-order valence-electron chi connectivity index (χ1n) is 10.1. The fraction of sp³-hybridized carbons (Fsp3) is 0.333. The third-order valence-corrected chi connectivity index (χ3v) is 4.93. The van der Waals surface area contributed by atoms with E-state index in [1.807, 2.05) is 48.5 Å². The number of hydrogen-bond acceptors (Lipinski definition) is 8. The number of carbonyl (C=O) groups excluding carboxylic acids is 1. The Hall–Kier alpha value is -3.50. The van der Waals surface area contributed by atoms with Crippen LogP contribution in [0.5, 0.6) is 0 Å². The average Bonchev–Trinajstić information content (AvgIpc) is 3.35. The van der Waals surface area contributed by atoms with E-state index >= 15 is 0 Å². The molecular formula is C21H25N7O3. The number of hydrogen-bond donors (Lipinski definition) is 2. The number of aliphatic hydroxyl groups is 1. The summed E-state index contributed by atoms with van der Waals surface area (Å²) >= 11 is 0. The van der Waals surface area contributed by atoms with Gasteiger partial charge in [0.05, 0.1) is 25.5 Å². The molecule has 0 unspecified atom stereocenters. The summed E-state index contributed by atoms with van der Waals surface area (Å²) < 4.78 is 7.13. The molecule has 4 rings (SSSR count). The van der Waals surface area contributed by atoms with Crippen molar-refractivity contribution in [1.82, 2.24) is 19.7 Å². The minimum atomic E-state index is -0.340. The van der Waals surface area contributed by atoms with E-state index in [0.29, 0.717) is 50.3 Å². The molecule has 0 bridgehead atoms. The normalized spacial score (nSPS) is 13.8. The number of amides is 1. The first-order chi connectivity index (χ1) is 15.1. The molecule has 162 valence electrons. The number of ether oxygens (including phenoxy) is 1. The van der Waals surface area contributed by atoms with Crippen LogP contribution in [0.3, 0.4) is 0 Å². The van der Waals surface area contributed by atoms with E-state index in [2.05, 4.69) is 20.4 Å². The standard InChI is InChI=1S/C21H25N7O3/c1-26(8-11-29)19-15-18(24-21(25-19)27-9-12-31-13-10-27)20(30)23-16-4-2-5-17(14-16)28-7-3-6-22-28/h2-7,14-15,29H,8-13H2,1H3,(H,23,30). The Labute approximate surface area is 180 Å². The Kier molecular flexibility index (Phi) is 6.39. The summed E-state index contributed by atoms with van der Waals surface area (Å²) in [5.41, 5.74) is 1.72. The van der Waals surface area contributed by atoms with Crippen LogP contribution < -0.4 is 15.1 Å². The van der Waals surface area contributed by atoms with Gasteiger partial charge in [0, 0.05) is 50.8 Å². The van der Waals surface area contributed by atoms with Gasteiger partial charge in [0.25, 0.3) is 5.91 Å². The zero-order valence-corrected chi connectivity index (χ0v) is 17.3. The first kappa shape index (κ1) is 20.8. The molecule has 1 aliphatic heterocycles. The molecule has 1 amide bonds. The second-order valence-electron chi connectivity index (χ2n) is 7.11. The summed E-state index contributed by atoms with van der Waals surface area (Å²) in [6.45, 7) is 2.85. The molecule has 1 aliphatic rings. The first-order valence-corrected chi connectivity index (χ1v) is 10.1. The van der Waals surface area contributed by atoms with Crippen molar-refractivity contribution in [3.05, 3.63) is 54.5 Å². The van der Waals surface area contributed by atoms with E-state index in [1.165, 1.54) is 0 Å². The van der Waals surface area contributed by atoms with Crippen molar-refractivity contribution in [2.24, 2.45) is 0 Å². The van der Waals surface area contributed by atoms with Gasteiger partial charge in [-0.15, -0.1) is 0 Å². The van der Waals surface area contributed by atoms with Crippen molar-refractivity contribution >= 4 is 23.4 Å².